The zero-order chi connectivity index (χ0) is 27.7. The van der Waals surface area contributed by atoms with Gasteiger partial charge in [-0.1, -0.05) is 39.5 Å². The molecule has 1 aliphatic heterocycles. The maximum absolute atomic E-state index is 15.2. The summed E-state index contributed by atoms with van der Waals surface area (Å²) < 4.78 is 20.6. The van der Waals surface area contributed by atoms with Crippen LogP contribution in [0.15, 0.2) is 53.8 Å². The van der Waals surface area contributed by atoms with Crippen LogP contribution in [0.3, 0.4) is 0 Å². The number of hydrogen-bond donors (Lipinski definition) is 3. The molecular weight excluding hydrogens is 501 g/mol. The van der Waals surface area contributed by atoms with E-state index in [-0.39, 0.29) is 29.6 Å². The van der Waals surface area contributed by atoms with Crippen LogP contribution in [0.25, 0.3) is 22.2 Å². The quantitative estimate of drug-likeness (QED) is 0.305. The van der Waals surface area contributed by atoms with Crippen LogP contribution in [-0.2, 0) is 16.8 Å². The molecule has 0 saturated carbocycles. The summed E-state index contributed by atoms with van der Waals surface area (Å²) in [6.45, 7) is 10.5. The van der Waals surface area contributed by atoms with Crippen molar-refractivity contribution in [1.29, 1.82) is 0 Å². The molecule has 1 saturated heterocycles. The number of H-pyrrole nitrogens is 1. The fourth-order valence-electron chi connectivity index (χ4n) is 4.54. The summed E-state index contributed by atoms with van der Waals surface area (Å²) in [6, 6.07) is 6.69. The molecule has 3 aromatic heterocycles. The van der Waals surface area contributed by atoms with E-state index in [9.17, 15) is 9.59 Å². The highest BCUT2D eigenvalue weighted by molar-refractivity contribution is 6.00. The Morgan fingerprint density at radius 2 is 2.13 bits per heavy atom. The second kappa shape index (κ2) is 10.3. The molecule has 0 radical (unpaired) electrons. The van der Waals surface area contributed by atoms with Gasteiger partial charge < -0.3 is 20.0 Å². The molecule has 1 unspecified atom stereocenters. The van der Waals surface area contributed by atoms with Crippen molar-refractivity contribution >= 4 is 28.7 Å². The van der Waals surface area contributed by atoms with Crippen LogP contribution in [0, 0.1) is 5.82 Å². The molecule has 4 heterocycles. The van der Waals surface area contributed by atoms with E-state index in [2.05, 4.69) is 37.4 Å². The Morgan fingerprint density at radius 1 is 1.31 bits per heavy atom. The third-order valence-electron chi connectivity index (χ3n) is 6.66. The number of hydrogen-bond acceptors (Lipinski definition) is 7. The predicted molar refractivity (Wildman–Crippen MR) is 144 cm³/mol. The number of oxazole rings is 1. The van der Waals surface area contributed by atoms with E-state index in [0.717, 1.165) is 17.4 Å². The Balaban J connectivity index is 1.32. The molecule has 0 bridgehead atoms. The van der Waals surface area contributed by atoms with Crippen molar-refractivity contribution in [3.8, 4) is 11.1 Å². The van der Waals surface area contributed by atoms with Gasteiger partial charge in [-0.25, -0.2) is 14.4 Å². The molecule has 39 heavy (non-hydrogen) atoms. The van der Waals surface area contributed by atoms with Gasteiger partial charge in [0, 0.05) is 42.9 Å². The molecule has 1 aliphatic rings. The highest BCUT2D eigenvalue weighted by Gasteiger charge is 2.27. The summed E-state index contributed by atoms with van der Waals surface area (Å²) in [6.07, 6.45) is 5.02. The smallest absolute Gasteiger partial charge is 0.273 e. The summed E-state index contributed by atoms with van der Waals surface area (Å²) in [5, 5.41) is 14.2. The number of fused-ring (bicyclic) bond motifs is 1. The van der Waals surface area contributed by atoms with Gasteiger partial charge in [-0.05, 0) is 35.8 Å². The van der Waals surface area contributed by atoms with Crippen LogP contribution in [-0.4, -0.2) is 56.0 Å². The van der Waals surface area contributed by atoms with Crippen molar-refractivity contribution < 1.29 is 18.4 Å². The SMILES string of the molecule is C=CC(=O)N1CCC(Nc2n[nH]c3nccc(-c4ccc(CNC(=O)c5coc(C(C)(C)C)n5)c(F)c4)c23)C1. The lowest BCUT2D eigenvalue weighted by atomic mass is 9.97. The van der Waals surface area contributed by atoms with Crippen molar-refractivity contribution in [3.05, 3.63) is 72.3 Å². The number of likely N-dealkylation sites (tertiary alicyclic amines) is 1. The maximum Gasteiger partial charge on any atom is 0.273 e. The van der Waals surface area contributed by atoms with Crippen LogP contribution in [0.2, 0.25) is 0 Å². The number of amides is 2. The number of aromatic nitrogens is 4. The largest absolute Gasteiger partial charge is 0.448 e. The topological polar surface area (TPSA) is 129 Å². The summed E-state index contributed by atoms with van der Waals surface area (Å²) in [7, 11) is 0. The van der Waals surface area contributed by atoms with Crippen LogP contribution >= 0.6 is 0 Å². The number of aromatic amines is 1. The molecule has 5 rings (SSSR count). The van der Waals surface area contributed by atoms with E-state index in [1.165, 1.54) is 18.4 Å². The van der Waals surface area contributed by atoms with E-state index in [1.807, 2.05) is 20.8 Å². The molecule has 11 heteroatoms. The summed E-state index contributed by atoms with van der Waals surface area (Å²) in [5.74, 6) is 0.0417. The fourth-order valence-corrected chi connectivity index (χ4v) is 4.54. The lowest BCUT2D eigenvalue weighted by Crippen LogP contribution is -2.30. The van der Waals surface area contributed by atoms with Crippen molar-refractivity contribution in [1.82, 2.24) is 30.4 Å². The predicted octanol–water partition coefficient (Wildman–Crippen LogP) is 4.18. The van der Waals surface area contributed by atoms with Crippen LogP contribution in [0.4, 0.5) is 10.2 Å². The number of pyridine rings is 1. The molecule has 1 fully saturated rings. The minimum atomic E-state index is -0.458. The molecule has 3 N–H and O–H groups in total. The highest BCUT2D eigenvalue weighted by Crippen LogP contribution is 2.33. The number of nitrogens with one attached hydrogen (secondary N) is 3. The number of rotatable bonds is 7. The zero-order valence-electron chi connectivity index (χ0n) is 22.0. The molecule has 0 aliphatic carbocycles. The van der Waals surface area contributed by atoms with Gasteiger partial charge in [0.25, 0.3) is 5.91 Å². The fraction of sp³-hybridized carbons (Fsp3) is 0.321. The molecule has 10 nitrogen and oxygen atoms in total. The third kappa shape index (κ3) is 5.38. The Kier molecular flexibility index (Phi) is 6.90. The second-order valence-corrected chi connectivity index (χ2v) is 10.5. The lowest BCUT2D eigenvalue weighted by molar-refractivity contribution is -0.125. The number of halogens is 1. The molecule has 202 valence electrons. The first-order valence-corrected chi connectivity index (χ1v) is 12.7. The van der Waals surface area contributed by atoms with Gasteiger partial charge in [-0.3, -0.25) is 14.7 Å². The number of anilines is 1. The van der Waals surface area contributed by atoms with Crippen LogP contribution in [0.5, 0.6) is 0 Å². The lowest BCUT2D eigenvalue weighted by Gasteiger charge is -2.15. The van der Waals surface area contributed by atoms with E-state index in [4.69, 9.17) is 4.42 Å². The molecule has 0 spiro atoms. The average molecular weight is 532 g/mol. The van der Waals surface area contributed by atoms with Gasteiger partial charge in [0.2, 0.25) is 5.91 Å². The first-order chi connectivity index (χ1) is 18.6. The van der Waals surface area contributed by atoms with E-state index in [1.54, 1.807) is 29.3 Å². The standard InChI is InChI=1S/C28H30FN7O3/c1-5-22(37)36-11-9-18(14-36)32-25-23-19(8-10-30-24(23)34-35-25)16-6-7-17(20(29)12-16)13-31-26(38)21-15-39-27(33-21)28(2,3)4/h5-8,10,12,15,18H,1,9,11,13-14H2,2-4H3,(H,31,38)(H2,30,32,34,35). The summed E-state index contributed by atoms with van der Waals surface area (Å²) in [4.78, 5) is 34.8. The van der Waals surface area contributed by atoms with Gasteiger partial charge in [-0.2, -0.15) is 5.10 Å². The maximum atomic E-state index is 15.2. The highest BCUT2D eigenvalue weighted by atomic mass is 19.1. The Hall–Kier alpha value is -4.54. The molecule has 2 amide bonds. The Bertz CT molecular complexity index is 1550. The Labute approximate surface area is 224 Å². The normalized spacial score (nSPS) is 15.5. The minimum Gasteiger partial charge on any atom is -0.448 e. The Morgan fingerprint density at radius 3 is 2.85 bits per heavy atom. The molecule has 4 aromatic rings. The first-order valence-electron chi connectivity index (χ1n) is 12.7. The monoisotopic (exact) mass is 531 g/mol. The molecule has 1 atom stereocenters. The van der Waals surface area contributed by atoms with Gasteiger partial charge in [0.05, 0.1) is 5.39 Å². The average Bonchev–Trinajstić information content (AvgIpc) is 3.67. The van der Waals surface area contributed by atoms with E-state index in [0.29, 0.717) is 41.6 Å². The first kappa shape index (κ1) is 26.1. The summed E-state index contributed by atoms with van der Waals surface area (Å²) in [5.41, 5.74) is 2.10. The number of nitrogens with zero attached hydrogens (tertiary/aromatic N) is 4. The van der Waals surface area contributed by atoms with Crippen LogP contribution < -0.4 is 10.6 Å². The van der Waals surface area contributed by atoms with E-state index >= 15 is 4.39 Å². The molecular formula is C28H30FN7O3. The van der Waals surface area contributed by atoms with Gasteiger partial charge in [-0.15, -0.1) is 0 Å². The third-order valence-corrected chi connectivity index (χ3v) is 6.66. The van der Waals surface area contributed by atoms with Crippen molar-refractivity contribution in [2.75, 3.05) is 18.4 Å². The van der Waals surface area contributed by atoms with Gasteiger partial charge in [0.15, 0.2) is 23.0 Å². The second-order valence-electron chi connectivity index (χ2n) is 10.5. The van der Waals surface area contributed by atoms with Gasteiger partial charge in [0.1, 0.15) is 12.1 Å². The van der Waals surface area contributed by atoms with Crippen molar-refractivity contribution in [2.24, 2.45) is 0 Å². The van der Waals surface area contributed by atoms with E-state index < -0.39 is 11.7 Å². The van der Waals surface area contributed by atoms with Gasteiger partial charge >= 0.3 is 0 Å². The molecule has 1 aromatic carbocycles. The van der Waals surface area contributed by atoms with Crippen LogP contribution in [0.1, 0.15) is 49.1 Å². The van der Waals surface area contributed by atoms with Crippen molar-refractivity contribution in [2.45, 2.75) is 45.2 Å². The minimum absolute atomic E-state index is 0.00542. The number of benzene rings is 1. The summed E-state index contributed by atoms with van der Waals surface area (Å²) >= 11 is 0. The zero-order valence-corrected chi connectivity index (χ0v) is 22.0. The number of carbonyl (C=O) groups excluding carboxylic acids is 2. The number of carbonyl (C=O) groups is 2. The van der Waals surface area contributed by atoms with Crippen molar-refractivity contribution in [3.63, 3.8) is 0 Å².